The summed E-state index contributed by atoms with van der Waals surface area (Å²) >= 11 is 0. The van der Waals surface area contributed by atoms with Gasteiger partial charge in [-0.2, -0.15) is 87.9 Å². The van der Waals surface area contributed by atoms with Gasteiger partial charge in [-0.15, -0.1) is 35.9 Å². The molecule has 0 spiro atoms. The van der Waals surface area contributed by atoms with Crippen LogP contribution >= 0.6 is 0 Å². The number of allylic oxidation sites excluding steroid dienone is 12. The molecule has 5 rings (SSSR count). The third-order valence-corrected chi connectivity index (χ3v) is 9.27. The van der Waals surface area contributed by atoms with Crippen molar-refractivity contribution in [1.29, 1.82) is 0 Å². The van der Waals surface area contributed by atoms with Crippen molar-refractivity contribution in [2.24, 2.45) is 21.9 Å². The van der Waals surface area contributed by atoms with E-state index in [2.05, 4.69) is 66.6 Å². The fraction of sp³-hybridized carbons (Fsp3) is 0.137. The second kappa shape index (κ2) is 24.0. The molecule has 0 saturated heterocycles. The Balaban J connectivity index is 0.000000439. The second-order valence-corrected chi connectivity index (χ2v) is 14.4. The van der Waals surface area contributed by atoms with Crippen molar-refractivity contribution in [3.63, 3.8) is 0 Å². The van der Waals surface area contributed by atoms with Crippen LogP contribution < -0.4 is 11.7 Å². The number of benzene rings is 4. The average Bonchev–Trinajstić information content (AvgIpc) is 3.22. The van der Waals surface area contributed by atoms with E-state index in [-0.39, 0.29) is 42.6 Å². The molecule has 16 heteroatoms. The number of nitrogens with two attached hydrogens (primary N) is 2. The van der Waals surface area contributed by atoms with Gasteiger partial charge in [0.05, 0.1) is 22.4 Å². The fourth-order valence-electron chi connectivity index (χ4n) is 6.64. The molecule has 0 radical (unpaired) electrons. The Morgan fingerprint density at radius 2 is 1.06 bits per heavy atom. The summed E-state index contributed by atoms with van der Waals surface area (Å²) < 4.78 is 124. The molecule has 4 N–H and O–H groups in total. The van der Waals surface area contributed by atoms with Crippen molar-refractivity contribution in [2.75, 3.05) is 0 Å². The topological polar surface area (TPSA) is 103 Å². The fourth-order valence-corrected chi connectivity index (χ4v) is 6.64. The molecule has 0 saturated carbocycles. The predicted molar refractivity (Wildman–Crippen MR) is 249 cm³/mol. The number of hydrogen-bond acceptors (Lipinski definition) is 6. The van der Waals surface area contributed by atoms with Gasteiger partial charge in [-0.05, 0) is 67.4 Å². The summed E-state index contributed by atoms with van der Waals surface area (Å²) in [6.45, 7) is 29.8. The first-order valence-corrected chi connectivity index (χ1v) is 19.4. The van der Waals surface area contributed by atoms with Crippen molar-refractivity contribution in [3.05, 3.63) is 206 Å². The van der Waals surface area contributed by atoms with Gasteiger partial charge < -0.3 is 11.7 Å². The van der Waals surface area contributed by atoms with Gasteiger partial charge in [0.25, 0.3) is 0 Å². The van der Waals surface area contributed by atoms with E-state index in [1.54, 1.807) is 66.7 Å². The standard InChI is InChI=1S/C27H12F9N2.2C12H17N2.Ir/c28-25(29,30)20-11-10-17(21(26(31,32)33)22(20)27(34,35)36)24-19-13-16-9-5-4-8-15(16)12-18(19)23(37-38-24)14-6-2-1-3-7-14;2*1-6-7-10(4)8-11(5)12(14-13)9(2)3;/h1-6,8-13H;2*6-8H,1-3,13H2,4-5H3;/q3*-1;+3/b;2*10-7+,11-8+,14-12-;. The normalized spacial score (nSPS) is 13.1. The number of hydrogen-bond donors (Lipinski definition) is 2. The quantitative estimate of drug-likeness (QED) is 0.0277. The summed E-state index contributed by atoms with van der Waals surface area (Å²) in [6, 6.07) is 19.5. The minimum absolute atomic E-state index is 0. The van der Waals surface area contributed by atoms with Gasteiger partial charge in [-0.1, -0.05) is 108 Å². The van der Waals surface area contributed by atoms with Gasteiger partial charge in [0.1, 0.15) is 0 Å². The number of nitrogens with zero attached hydrogens (tertiary/aromatic N) is 4. The number of aromatic nitrogens is 2. The maximum Gasteiger partial charge on any atom is 3.00 e. The maximum atomic E-state index is 14.2. The van der Waals surface area contributed by atoms with Crippen LogP contribution in [0.25, 0.3) is 44.1 Å². The minimum atomic E-state index is -5.97. The van der Waals surface area contributed by atoms with Gasteiger partial charge in [-0.3, -0.25) is 0 Å². The third-order valence-electron chi connectivity index (χ3n) is 9.27. The second-order valence-electron chi connectivity index (χ2n) is 14.4. The van der Waals surface area contributed by atoms with Crippen LogP contribution in [0, 0.1) is 19.9 Å². The molecule has 0 fully saturated rings. The Hall–Kier alpha value is -6.90. The summed E-state index contributed by atoms with van der Waals surface area (Å²) in [5.41, 5.74) is -2.40. The van der Waals surface area contributed by atoms with Gasteiger partial charge in [0.2, 0.25) is 0 Å². The number of halogens is 9. The number of fused-ring (bicyclic) bond motifs is 2. The zero-order valence-corrected chi connectivity index (χ0v) is 39.2. The Bertz CT molecular complexity index is 2740. The summed E-state index contributed by atoms with van der Waals surface area (Å²) in [7, 11) is 0. The molecule has 0 amide bonds. The van der Waals surface area contributed by atoms with E-state index in [1.807, 2.05) is 52.0 Å². The molecule has 1 aromatic heterocycles. The Labute approximate surface area is 397 Å². The van der Waals surface area contributed by atoms with E-state index in [4.69, 9.17) is 11.7 Å². The molecular weight excluding hydrogens is 1060 g/mol. The Morgan fingerprint density at radius 3 is 1.43 bits per heavy atom. The van der Waals surface area contributed by atoms with Gasteiger partial charge in [0, 0.05) is 16.6 Å². The molecule has 0 aliphatic carbocycles. The Morgan fingerprint density at radius 1 is 0.627 bits per heavy atom. The molecule has 0 bridgehead atoms. The largest absolute Gasteiger partial charge is 3.00 e. The van der Waals surface area contributed by atoms with Crippen LogP contribution in [0.5, 0.6) is 0 Å². The van der Waals surface area contributed by atoms with Crippen LogP contribution in [0.1, 0.15) is 44.4 Å². The molecule has 0 atom stereocenters. The zero-order chi connectivity index (χ0) is 49.7. The van der Waals surface area contributed by atoms with E-state index in [0.29, 0.717) is 45.0 Å². The van der Waals surface area contributed by atoms with Gasteiger partial charge >= 0.3 is 38.6 Å². The van der Waals surface area contributed by atoms with Crippen LogP contribution in [-0.2, 0) is 38.6 Å². The molecule has 0 aliphatic rings. The van der Waals surface area contributed by atoms with Crippen LogP contribution in [0.3, 0.4) is 0 Å². The van der Waals surface area contributed by atoms with Crippen LogP contribution in [0.4, 0.5) is 39.5 Å². The average molecular weight is 1110 g/mol. The molecule has 352 valence electrons. The smallest absolute Gasteiger partial charge is 0.335 e. The van der Waals surface area contributed by atoms with E-state index in [1.165, 1.54) is 6.07 Å². The summed E-state index contributed by atoms with van der Waals surface area (Å²) in [5.74, 6) is 10.5. The van der Waals surface area contributed by atoms with Crippen molar-refractivity contribution in [1.82, 2.24) is 10.2 Å². The Kier molecular flexibility index (Phi) is 20.2. The van der Waals surface area contributed by atoms with Crippen molar-refractivity contribution < 1.29 is 59.6 Å². The summed E-state index contributed by atoms with van der Waals surface area (Å²) in [6.07, 6.45) is -6.27. The van der Waals surface area contributed by atoms with Crippen LogP contribution in [-0.4, -0.2) is 21.6 Å². The zero-order valence-electron chi connectivity index (χ0n) is 36.8. The van der Waals surface area contributed by atoms with Crippen molar-refractivity contribution in [2.45, 2.75) is 46.2 Å². The first kappa shape index (κ1) is 56.2. The van der Waals surface area contributed by atoms with E-state index < -0.39 is 46.5 Å². The molecule has 4 aromatic carbocycles. The van der Waals surface area contributed by atoms with Gasteiger partial charge in [-0.25, -0.2) is 10.2 Å². The molecule has 0 unspecified atom stereocenters. The number of rotatable bonds is 10. The minimum Gasteiger partial charge on any atom is -0.335 e. The van der Waals surface area contributed by atoms with E-state index in [0.717, 1.165) is 22.3 Å². The van der Waals surface area contributed by atoms with Crippen LogP contribution in [0.15, 0.2) is 179 Å². The predicted octanol–water partition coefficient (Wildman–Crippen LogP) is 14.5. The SMILES string of the molecule is C=C/C=C(C)/C=C(C)/C(=N\N)C(=C)[CH2-].C=C/C=C(C)/C=C(C)/C(=N\N)C(=C)[CH2-].FC(F)(F)c1ccc(-c2nnc(-c3[c-]cccc3)c3cc4ccccc4cc23)c(C(F)(F)F)c1C(F)(F)F.[Ir+3]. The molecule has 6 nitrogen and oxygen atoms in total. The molecule has 1 heterocycles. The first-order chi connectivity index (χ1) is 30.8. The summed E-state index contributed by atoms with van der Waals surface area (Å²) in [4.78, 5) is 0. The van der Waals surface area contributed by atoms with E-state index in [9.17, 15) is 39.5 Å². The van der Waals surface area contributed by atoms with Crippen molar-refractivity contribution >= 4 is 33.0 Å². The molecule has 5 aromatic rings. The molecular formula is C51H46F9IrN6. The van der Waals surface area contributed by atoms with Crippen molar-refractivity contribution in [3.8, 4) is 22.5 Å². The molecule has 67 heavy (non-hydrogen) atoms. The maximum absolute atomic E-state index is 14.2. The van der Waals surface area contributed by atoms with E-state index >= 15 is 0 Å². The third kappa shape index (κ3) is 14.8. The summed E-state index contributed by atoms with van der Waals surface area (Å²) in [5, 5.41) is 16.5. The number of hydrazone groups is 2. The van der Waals surface area contributed by atoms with Crippen LogP contribution in [0.2, 0.25) is 0 Å². The van der Waals surface area contributed by atoms with Gasteiger partial charge in [0.15, 0.2) is 0 Å². The monoisotopic (exact) mass is 1110 g/mol. The molecule has 0 aliphatic heterocycles. The first-order valence-electron chi connectivity index (χ1n) is 19.4. The number of alkyl halides is 9.